The fourth-order valence-corrected chi connectivity index (χ4v) is 2.83. The van der Waals surface area contributed by atoms with E-state index in [-0.39, 0.29) is 11.9 Å². The van der Waals surface area contributed by atoms with Crippen molar-refractivity contribution in [1.82, 2.24) is 10.2 Å². The molecule has 106 valence electrons. The number of aryl methyl sites for hydroxylation is 1. The fourth-order valence-electron chi connectivity index (χ4n) is 2.83. The third-order valence-corrected chi connectivity index (χ3v) is 3.80. The Hall–Kier alpha value is -0.930. The van der Waals surface area contributed by atoms with E-state index >= 15 is 0 Å². The molecule has 0 bridgehead atoms. The summed E-state index contributed by atoms with van der Waals surface area (Å²) in [7, 11) is 0. The molecule has 1 aromatic rings. The Bertz CT molecular complexity index is 411. The van der Waals surface area contributed by atoms with Gasteiger partial charge in [-0.25, -0.2) is 4.39 Å². The fraction of sp³-hybridized carbons (Fsp3) is 0.625. The van der Waals surface area contributed by atoms with Crippen LogP contribution in [0.3, 0.4) is 0 Å². The summed E-state index contributed by atoms with van der Waals surface area (Å²) in [5, 5.41) is 3.36. The van der Waals surface area contributed by atoms with Crippen LogP contribution in [0.1, 0.15) is 37.4 Å². The highest BCUT2D eigenvalue weighted by atomic mass is 19.1. The van der Waals surface area contributed by atoms with Gasteiger partial charge in [0, 0.05) is 37.8 Å². The highest BCUT2D eigenvalue weighted by Crippen LogP contribution is 2.30. The molecule has 3 heteroatoms. The van der Waals surface area contributed by atoms with Gasteiger partial charge in [0.05, 0.1) is 0 Å². The zero-order valence-corrected chi connectivity index (χ0v) is 12.2. The minimum absolute atomic E-state index is 0.0604. The van der Waals surface area contributed by atoms with Crippen LogP contribution in [-0.2, 0) is 0 Å². The number of nitrogens with one attached hydrogen (secondary N) is 1. The number of hydrogen-bond donors (Lipinski definition) is 1. The highest BCUT2D eigenvalue weighted by Gasteiger charge is 2.25. The van der Waals surface area contributed by atoms with Crippen molar-refractivity contribution in [1.29, 1.82) is 0 Å². The van der Waals surface area contributed by atoms with Crippen molar-refractivity contribution in [3.63, 3.8) is 0 Å². The molecule has 1 fully saturated rings. The van der Waals surface area contributed by atoms with E-state index in [1.807, 2.05) is 19.1 Å². The van der Waals surface area contributed by atoms with E-state index in [4.69, 9.17) is 0 Å². The Labute approximate surface area is 116 Å². The molecule has 2 nitrogen and oxygen atoms in total. The van der Waals surface area contributed by atoms with Crippen molar-refractivity contribution >= 4 is 0 Å². The lowest BCUT2D eigenvalue weighted by molar-refractivity contribution is 0.151. The monoisotopic (exact) mass is 264 g/mol. The van der Waals surface area contributed by atoms with Crippen LogP contribution in [0, 0.1) is 18.7 Å². The topological polar surface area (TPSA) is 15.3 Å². The Balaban J connectivity index is 2.27. The van der Waals surface area contributed by atoms with Crippen molar-refractivity contribution < 1.29 is 4.39 Å². The second-order valence-electron chi connectivity index (χ2n) is 5.96. The van der Waals surface area contributed by atoms with Gasteiger partial charge < -0.3 is 5.32 Å². The maximum absolute atomic E-state index is 14.2. The summed E-state index contributed by atoms with van der Waals surface area (Å²) in [4.78, 5) is 2.42. The van der Waals surface area contributed by atoms with Crippen molar-refractivity contribution in [3.8, 4) is 0 Å². The first-order valence-electron chi connectivity index (χ1n) is 7.28. The normalized spacial score (nSPS) is 18.8. The van der Waals surface area contributed by atoms with Crippen LogP contribution in [0.2, 0.25) is 0 Å². The number of benzene rings is 1. The molecular formula is C16H25FN2. The number of nitrogens with zero attached hydrogens (tertiary/aromatic N) is 1. The summed E-state index contributed by atoms with van der Waals surface area (Å²) in [6, 6.07) is 5.69. The number of rotatable bonds is 4. The van der Waals surface area contributed by atoms with Crippen molar-refractivity contribution in [3.05, 3.63) is 35.1 Å². The lowest BCUT2D eigenvalue weighted by Crippen LogP contribution is -2.45. The van der Waals surface area contributed by atoms with Crippen LogP contribution in [0.5, 0.6) is 0 Å². The smallest absolute Gasteiger partial charge is 0.128 e. The molecule has 1 aliphatic rings. The van der Waals surface area contributed by atoms with E-state index in [0.29, 0.717) is 5.92 Å². The number of hydrogen-bond acceptors (Lipinski definition) is 2. The summed E-state index contributed by atoms with van der Waals surface area (Å²) in [5.41, 5.74) is 2.01. The summed E-state index contributed by atoms with van der Waals surface area (Å²) in [6.45, 7) is 10.5. The predicted molar refractivity (Wildman–Crippen MR) is 77.8 cm³/mol. The van der Waals surface area contributed by atoms with Crippen LogP contribution < -0.4 is 5.32 Å². The lowest BCUT2D eigenvalue weighted by atomic mass is 9.93. The summed E-state index contributed by atoms with van der Waals surface area (Å²) >= 11 is 0. The van der Waals surface area contributed by atoms with Crippen LogP contribution in [-0.4, -0.2) is 31.1 Å². The molecule has 0 radical (unpaired) electrons. The first-order chi connectivity index (χ1) is 9.08. The molecule has 1 N–H and O–H groups in total. The van der Waals surface area contributed by atoms with Crippen molar-refractivity contribution in [2.45, 2.75) is 33.2 Å². The predicted octanol–water partition coefficient (Wildman–Crippen LogP) is 3.13. The van der Waals surface area contributed by atoms with Crippen LogP contribution >= 0.6 is 0 Å². The minimum Gasteiger partial charge on any atom is -0.314 e. The quantitative estimate of drug-likeness (QED) is 0.899. The molecule has 0 amide bonds. The molecule has 19 heavy (non-hydrogen) atoms. The Kier molecular flexibility index (Phi) is 4.94. The molecule has 0 saturated carbocycles. The van der Waals surface area contributed by atoms with E-state index < -0.39 is 0 Å². The molecule has 0 unspecified atom stereocenters. The molecule has 1 atom stereocenters. The maximum Gasteiger partial charge on any atom is 0.128 e. The molecule has 1 saturated heterocycles. The zero-order valence-electron chi connectivity index (χ0n) is 12.2. The Morgan fingerprint density at radius 1 is 1.26 bits per heavy atom. The molecular weight excluding hydrogens is 239 g/mol. The van der Waals surface area contributed by atoms with Crippen LogP contribution in [0.15, 0.2) is 18.2 Å². The van der Waals surface area contributed by atoms with Gasteiger partial charge in [0.15, 0.2) is 0 Å². The minimum atomic E-state index is -0.0604. The second-order valence-corrected chi connectivity index (χ2v) is 5.96. The van der Waals surface area contributed by atoms with Gasteiger partial charge in [-0.15, -0.1) is 0 Å². The zero-order chi connectivity index (χ0) is 13.8. The van der Waals surface area contributed by atoms with Gasteiger partial charge in [0.1, 0.15) is 5.82 Å². The molecule has 1 heterocycles. The number of piperazine rings is 1. The standard InChI is InChI=1S/C16H25FN2/c1-12(2)10-16(19-8-6-18-7-9-19)14-11-13(3)4-5-15(14)17/h4-5,11-12,16,18H,6-10H2,1-3H3/t16-/m1/s1. The third kappa shape index (κ3) is 3.77. The van der Waals surface area contributed by atoms with E-state index in [1.54, 1.807) is 6.07 Å². The van der Waals surface area contributed by atoms with Crippen molar-refractivity contribution in [2.24, 2.45) is 5.92 Å². The number of halogens is 1. The van der Waals surface area contributed by atoms with E-state index in [2.05, 4.69) is 24.1 Å². The molecule has 1 aliphatic heterocycles. The molecule has 1 aromatic carbocycles. The SMILES string of the molecule is Cc1ccc(F)c([C@@H](CC(C)C)N2CCNCC2)c1. The summed E-state index contributed by atoms with van der Waals surface area (Å²) in [5.74, 6) is 0.509. The Morgan fingerprint density at radius 3 is 2.58 bits per heavy atom. The lowest BCUT2D eigenvalue weighted by Gasteiger charge is -2.36. The van der Waals surface area contributed by atoms with E-state index in [0.717, 1.165) is 43.7 Å². The van der Waals surface area contributed by atoms with E-state index in [1.165, 1.54) is 0 Å². The van der Waals surface area contributed by atoms with Gasteiger partial charge in [-0.3, -0.25) is 4.90 Å². The summed E-state index contributed by atoms with van der Waals surface area (Å²) < 4.78 is 14.2. The molecule has 2 rings (SSSR count). The highest BCUT2D eigenvalue weighted by molar-refractivity contribution is 5.27. The van der Waals surface area contributed by atoms with Crippen LogP contribution in [0.25, 0.3) is 0 Å². The van der Waals surface area contributed by atoms with Gasteiger partial charge in [0.25, 0.3) is 0 Å². The molecule has 0 aliphatic carbocycles. The first kappa shape index (κ1) is 14.5. The molecule has 0 aromatic heterocycles. The van der Waals surface area contributed by atoms with Gasteiger partial charge in [-0.1, -0.05) is 31.5 Å². The van der Waals surface area contributed by atoms with Gasteiger partial charge >= 0.3 is 0 Å². The second kappa shape index (κ2) is 6.49. The van der Waals surface area contributed by atoms with Gasteiger partial charge in [-0.2, -0.15) is 0 Å². The molecule has 0 spiro atoms. The third-order valence-electron chi connectivity index (χ3n) is 3.80. The van der Waals surface area contributed by atoms with Gasteiger partial charge in [-0.05, 0) is 25.3 Å². The van der Waals surface area contributed by atoms with E-state index in [9.17, 15) is 4.39 Å². The van der Waals surface area contributed by atoms with Crippen LogP contribution in [0.4, 0.5) is 4.39 Å². The average Bonchev–Trinajstić information content (AvgIpc) is 2.40. The maximum atomic E-state index is 14.2. The Morgan fingerprint density at radius 2 is 1.95 bits per heavy atom. The summed E-state index contributed by atoms with van der Waals surface area (Å²) in [6.07, 6.45) is 1.01. The van der Waals surface area contributed by atoms with Gasteiger partial charge in [0.2, 0.25) is 0 Å². The largest absolute Gasteiger partial charge is 0.314 e. The average molecular weight is 264 g/mol. The van der Waals surface area contributed by atoms with Crippen molar-refractivity contribution in [2.75, 3.05) is 26.2 Å². The first-order valence-corrected chi connectivity index (χ1v) is 7.28.